The summed E-state index contributed by atoms with van der Waals surface area (Å²) in [6, 6.07) is 13.3. The Morgan fingerprint density at radius 3 is 2.56 bits per heavy atom. The predicted molar refractivity (Wildman–Crippen MR) is 104 cm³/mol. The van der Waals surface area contributed by atoms with Crippen LogP contribution in [0.15, 0.2) is 53.8 Å². The fourth-order valence-electron chi connectivity index (χ4n) is 5.07. The van der Waals surface area contributed by atoms with Crippen LogP contribution in [0, 0.1) is 5.92 Å². The van der Waals surface area contributed by atoms with Crippen LogP contribution < -0.4 is 5.56 Å². The highest BCUT2D eigenvalue weighted by molar-refractivity contribution is 5.78. The van der Waals surface area contributed by atoms with E-state index in [1.807, 2.05) is 22.8 Å². The van der Waals surface area contributed by atoms with Gasteiger partial charge in [-0.25, -0.2) is 0 Å². The smallest absolute Gasteiger partial charge is 0.251 e. The van der Waals surface area contributed by atoms with Crippen molar-refractivity contribution in [1.82, 2.24) is 9.47 Å². The lowest BCUT2D eigenvalue weighted by atomic mass is 9.88. The van der Waals surface area contributed by atoms with Gasteiger partial charge in [0, 0.05) is 31.2 Å². The van der Waals surface area contributed by atoms with Crippen molar-refractivity contribution in [2.24, 2.45) is 5.92 Å². The van der Waals surface area contributed by atoms with Crippen LogP contribution in [0.5, 0.6) is 0 Å². The lowest BCUT2D eigenvalue weighted by Crippen LogP contribution is -2.43. The first-order valence-corrected chi connectivity index (χ1v) is 9.71. The maximum atomic E-state index is 12.3. The van der Waals surface area contributed by atoms with Crippen LogP contribution in [0.1, 0.15) is 38.5 Å². The lowest BCUT2D eigenvalue weighted by Gasteiger charge is -2.39. The van der Waals surface area contributed by atoms with Gasteiger partial charge in [-0.1, -0.05) is 24.3 Å². The molecular formula is C22H28N2O. The van der Waals surface area contributed by atoms with Crippen LogP contribution in [0.2, 0.25) is 0 Å². The Bertz CT molecular complexity index is 795. The highest BCUT2D eigenvalue weighted by Crippen LogP contribution is 2.39. The predicted octanol–water partition coefficient (Wildman–Crippen LogP) is 4.21. The van der Waals surface area contributed by atoms with E-state index in [2.05, 4.69) is 29.7 Å². The summed E-state index contributed by atoms with van der Waals surface area (Å²) in [5, 5.41) is 1.15. The van der Waals surface area contributed by atoms with Gasteiger partial charge in [-0.3, -0.25) is 9.69 Å². The van der Waals surface area contributed by atoms with Crippen LogP contribution in [0.4, 0.5) is 0 Å². The van der Waals surface area contributed by atoms with Gasteiger partial charge in [0.25, 0.3) is 5.56 Å². The molecule has 132 valence electrons. The molecule has 0 spiro atoms. The van der Waals surface area contributed by atoms with Crippen molar-refractivity contribution in [2.75, 3.05) is 6.54 Å². The quantitative estimate of drug-likeness (QED) is 0.738. The van der Waals surface area contributed by atoms with Crippen molar-refractivity contribution in [1.29, 1.82) is 0 Å². The number of rotatable bonds is 6. The molecular weight excluding hydrogens is 308 g/mol. The van der Waals surface area contributed by atoms with Gasteiger partial charge in [0.05, 0.1) is 5.52 Å². The van der Waals surface area contributed by atoms with Gasteiger partial charge >= 0.3 is 0 Å². The minimum Gasteiger partial charge on any atom is -0.308 e. The van der Waals surface area contributed by atoms with E-state index in [-0.39, 0.29) is 5.56 Å². The highest BCUT2D eigenvalue weighted by atomic mass is 16.1. The van der Waals surface area contributed by atoms with Gasteiger partial charge in [-0.05, 0) is 62.0 Å². The van der Waals surface area contributed by atoms with Gasteiger partial charge in [0.2, 0.25) is 0 Å². The summed E-state index contributed by atoms with van der Waals surface area (Å²) in [7, 11) is 0. The molecule has 0 saturated carbocycles. The molecule has 0 amide bonds. The number of fused-ring (bicyclic) bond motifs is 3. The number of nitrogens with zero attached hydrogens (tertiary/aromatic N) is 2. The summed E-state index contributed by atoms with van der Waals surface area (Å²) in [4.78, 5) is 15.0. The number of piperidine rings is 1. The number of allylic oxidation sites excluding steroid dienone is 1. The average molecular weight is 336 g/mol. The molecule has 3 heterocycles. The minimum absolute atomic E-state index is 0.117. The molecule has 25 heavy (non-hydrogen) atoms. The first-order chi connectivity index (χ1) is 12.3. The van der Waals surface area contributed by atoms with Gasteiger partial charge < -0.3 is 4.57 Å². The Balaban J connectivity index is 1.42. The Labute approximate surface area is 150 Å². The van der Waals surface area contributed by atoms with Crippen LogP contribution >= 0.6 is 0 Å². The SMILES string of the molecule is C=CCC1CC2CCC(C1)N2CCCn1c(=O)ccc2ccccc21. The summed E-state index contributed by atoms with van der Waals surface area (Å²) in [6.45, 7) is 5.84. The molecule has 1 aromatic heterocycles. The van der Waals surface area contributed by atoms with Crippen LogP contribution in [-0.4, -0.2) is 28.1 Å². The summed E-state index contributed by atoms with van der Waals surface area (Å²) >= 11 is 0. The number of aryl methyl sites for hydroxylation is 1. The number of benzene rings is 1. The molecule has 2 unspecified atom stereocenters. The minimum atomic E-state index is 0.117. The second-order valence-corrected chi connectivity index (χ2v) is 7.72. The van der Waals surface area contributed by atoms with Crippen molar-refractivity contribution in [3.05, 3.63) is 59.4 Å². The van der Waals surface area contributed by atoms with E-state index >= 15 is 0 Å². The zero-order valence-electron chi connectivity index (χ0n) is 14.9. The summed E-state index contributed by atoms with van der Waals surface area (Å²) in [6.07, 6.45) is 9.68. The molecule has 0 radical (unpaired) electrons. The molecule has 2 aromatic rings. The third kappa shape index (κ3) is 3.30. The maximum Gasteiger partial charge on any atom is 0.251 e. The molecule has 0 aliphatic carbocycles. The van der Waals surface area contributed by atoms with E-state index in [4.69, 9.17) is 0 Å². The normalized spacial score (nSPS) is 26.2. The molecule has 2 saturated heterocycles. The second kappa shape index (κ2) is 7.17. The third-order valence-corrected chi connectivity index (χ3v) is 6.18. The third-order valence-electron chi connectivity index (χ3n) is 6.18. The Hall–Kier alpha value is -1.87. The van der Waals surface area contributed by atoms with E-state index < -0.39 is 0 Å². The molecule has 0 N–H and O–H groups in total. The maximum absolute atomic E-state index is 12.3. The number of pyridine rings is 1. The monoisotopic (exact) mass is 336 g/mol. The van der Waals surface area contributed by atoms with Gasteiger partial charge in [-0.15, -0.1) is 6.58 Å². The first kappa shape index (κ1) is 16.6. The molecule has 2 atom stereocenters. The van der Waals surface area contributed by atoms with Crippen LogP contribution in [0.25, 0.3) is 10.9 Å². The van der Waals surface area contributed by atoms with Crippen molar-refractivity contribution >= 4 is 10.9 Å². The molecule has 4 rings (SSSR count). The highest BCUT2D eigenvalue weighted by Gasteiger charge is 2.39. The Morgan fingerprint density at radius 2 is 1.80 bits per heavy atom. The lowest BCUT2D eigenvalue weighted by molar-refractivity contribution is 0.102. The zero-order chi connectivity index (χ0) is 17.2. The van der Waals surface area contributed by atoms with Gasteiger partial charge in [-0.2, -0.15) is 0 Å². The fraction of sp³-hybridized carbons (Fsp3) is 0.500. The summed E-state index contributed by atoms with van der Waals surface area (Å²) in [5.41, 5.74) is 1.18. The molecule has 3 nitrogen and oxygen atoms in total. The Kier molecular flexibility index (Phi) is 4.76. The van der Waals surface area contributed by atoms with Crippen molar-refractivity contribution in [3.8, 4) is 0 Å². The first-order valence-electron chi connectivity index (χ1n) is 9.71. The molecule has 2 fully saturated rings. The number of aromatic nitrogens is 1. The van der Waals surface area contributed by atoms with E-state index in [0.29, 0.717) is 0 Å². The molecule has 2 aliphatic heterocycles. The Morgan fingerprint density at radius 1 is 1.04 bits per heavy atom. The summed E-state index contributed by atoms with van der Waals surface area (Å²) < 4.78 is 1.95. The second-order valence-electron chi connectivity index (χ2n) is 7.72. The molecule has 1 aromatic carbocycles. The number of para-hydroxylation sites is 1. The van der Waals surface area contributed by atoms with Gasteiger partial charge in [0.15, 0.2) is 0 Å². The van der Waals surface area contributed by atoms with E-state index in [0.717, 1.165) is 48.4 Å². The standard InChI is InChI=1S/C22H28N2O/c1-2-6-17-15-19-10-11-20(16-17)23(19)13-5-14-24-21-8-4-3-7-18(21)9-12-22(24)25/h2-4,7-9,12,17,19-20H,1,5-6,10-11,13-16H2. The molecule has 2 aliphatic rings. The van der Waals surface area contributed by atoms with Crippen molar-refractivity contribution < 1.29 is 0 Å². The number of hydrogen-bond acceptors (Lipinski definition) is 2. The van der Waals surface area contributed by atoms with Crippen LogP contribution in [-0.2, 0) is 6.54 Å². The average Bonchev–Trinajstić information content (AvgIpc) is 2.86. The number of hydrogen-bond donors (Lipinski definition) is 0. The van der Waals surface area contributed by atoms with Crippen molar-refractivity contribution in [3.63, 3.8) is 0 Å². The topological polar surface area (TPSA) is 25.2 Å². The molecule has 3 heteroatoms. The molecule has 2 bridgehead atoms. The van der Waals surface area contributed by atoms with Crippen molar-refractivity contribution in [2.45, 2.75) is 57.2 Å². The van der Waals surface area contributed by atoms with E-state index in [9.17, 15) is 4.79 Å². The zero-order valence-corrected chi connectivity index (χ0v) is 14.9. The van der Waals surface area contributed by atoms with E-state index in [1.165, 1.54) is 32.1 Å². The van der Waals surface area contributed by atoms with Gasteiger partial charge in [0.1, 0.15) is 0 Å². The fourth-order valence-corrected chi connectivity index (χ4v) is 5.07. The van der Waals surface area contributed by atoms with E-state index in [1.54, 1.807) is 6.07 Å². The van der Waals surface area contributed by atoms with Crippen LogP contribution in [0.3, 0.4) is 0 Å². The summed E-state index contributed by atoms with van der Waals surface area (Å²) in [5.74, 6) is 0.840. The largest absolute Gasteiger partial charge is 0.308 e.